The Kier molecular flexibility index (Phi) is 3.78. The van der Waals surface area contributed by atoms with Crippen LogP contribution in [0.2, 0.25) is 5.02 Å². The molecule has 1 aliphatic carbocycles. The highest BCUT2D eigenvalue weighted by Gasteiger charge is 2.40. The second-order valence-electron chi connectivity index (χ2n) is 6.82. The lowest BCUT2D eigenvalue weighted by Gasteiger charge is -2.45. The van der Waals surface area contributed by atoms with E-state index in [-0.39, 0.29) is 16.4 Å². The molecular weight excluding hydrogens is 275 g/mol. The zero-order valence-corrected chi connectivity index (χ0v) is 12.9. The molecule has 1 saturated heterocycles. The summed E-state index contributed by atoms with van der Waals surface area (Å²) >= 11 is 5.76. The van der Waals surface area contributed by atoms with Crippen molar-refractivity contribution < 1.29 is 4.39 Å². The Morgan fingerprint density at radius 3 is 2.80 bits per heavy atom. The molecule has 3 rings (SSSR count). The van der Waals surface area contributed by atoms with Crippen LogP contribution in [0.3, 0.4) is 0 Å². The maximum absolute atomic E-state index is 13.6. The normalized spacial score (nSPS) is 26.7. The van der Waals surface area contributed by atoms with E-state index in [1.807, 2.05) is 6.07 Å². The van der Waals surface area contributed by atoms with Crippen LogP contribution in [0.4, 0.5) is 4.39 Å². The molecule has 20 heavy (non-hydrogen) atoms. The molecule has 0 bridgehead atoms. The zero-order valence-electron chi connectivity index (χ0n) is 12.1. The van der Waals surface area contributed by atoms with Gasteiger partial charge in [-0.05, 0) is 50.3 Å². The van der Waals surface area contributed by atoms with Crippen molar-refractivity contribution in [2.45, 2.75) is 44.8 Å². The molecule has 1 aromatic rings. The fraction of sp³-hybridized carbons (Fsp3) is 0.625. The summed E-state index contributed by atoms with van der Waals surface area (Å²) in [6, 6.07) is 5.75. The van der Waals surface area contributed by atoms with Crippen LogP contribution in [-0.4, -0.2) is 29.6 Å². The summed E-state index contributed by atoms with van der Waals surface area (Å²) in [5.41, 5.74) is 1.13. The Morgan fingerprint density at radius 2 is 2.15 bits per heavy atom. The van der Waals surface area contributed by atoms with Crippen LogP contribution in [0.25, 0.3) is 0 Å². The number of rotatable bonds is 3. The van der Waals surface area contributed by atoms with Crippen molar-refractivity contribution in [2.24, 2.45) is 5.92 Å². The van der Waals surface area contributed by atoms with Gasteiger partial charge in [-0.25, -0.2) is 4.39 Å². The fourth-order valence-corrected chi connectivity index (χ4v) is 3.30. The van der Waals surface area contributed by atoms with Crippen LogP contribution in [0, 0.1) is 11.7 Å². The molecule has 1 aromatic carbocycles. The lowest BCUT2D eigenvalue weighted by Crippen LogP contribution is -2.61. The van der Waals surface area contributed by atoms with Crippen LogP contribution in [0.15, 0.2) is 18.2 Å². The number of halogens is 2. The number of nitrogens with zero attached hydrogens (tertiary/aromatic N) is 1. The molecule has 1 unspecified atom stereocenters. The average Bonchev–Trinajstić information content (AvgIpc) is 3.17. The lowest BCUT2D eigenvalue weighted by molar-refractivity contribution is 0.0759. The van der Waals surface area contributed by atoms with Crippen molar-refractivity contribution in [2.75, 3.05) is 13.1 Å². The minimum atomic E-state index is -0.318. The summed E-state index contributed by atoms with van der Waals surface area (Å²) in [5.74, 6) is 0.497. The van der Waals surface area contributed by atoms with Gasteiger partial charge in [-0.1, -0.05) is 17.7 Å². The highest BCUT2D eigenvalue weighted by molar-refractivity contribution is 6.30. The predicted molar refractivity (Wildman–Crippen MR) is 80.4 cm³/mol. The van der Waals surface area contributed by atoms with E-state index < -0.39 is 0 Å². The predicted octanol–water partition coefficient (Wildman–Crippen LogP) is 3.44. The first-order valence-corrected chi connectivity index (χ1v) is 7.75. The topological polar surface area (TPSA) is 15.3 Å². The number of hydrogen-bond acceptors (Lipinski definition) is 2. The molecule has 1 heterocycles. The van der Waals surface area contributed by atoms with Gasteiger partial charge in [0.1, 0.15) is 5.82 Å². The summed E-state index contributed by atoms with van der Waals surface area (Å²) in [6.07, 6.45) is 2.66. The van der Waals surface area contributed by atoms with Gasteiger partial charge >= 0.3 is 0 Å². The monoisotopic (exact) mass is 296 g/mol. The van der Waals surface area contributed by atoms with Gasteiger partial charge in [0.2, 0.25) is 0 Å². The third-order valence-electron chi connectivity index (χ3n) is 4.39. The minimum Gasteiger partial charge on any atom is -0.309 e. The van der Waals surface area contributed by atoms with Gasteiger partial charge in [0.25, 0.3) is 0 Å². The molecule has 0 amide bonds. The van der Waals surface area contributed by atoms with Crippen molar-refractivity contribution in [3.63, 3.8) is 0 Å². The SMILES string of the molecule is CC1(C)CN(Cc2ccc(Cl)c(F)c2)C(C2CC2)CN1. The van der Waals surface area contributed by atoms with E-state index in [1.54, 1.807) is 12.1 Å². The van der Waals surface area contributed by atoms with Crippen molar-refractivity contribution in [3.05, 3.63) is 34.6 Å². The summed E-state index contributed by atoms with van der Waals surface area (Å²) in [4.78, 5) is 2.51. The van der Waals surface area contributed by atoms with E-state index in [1.165, 1.54) is 12.8 Å². The molecular formula is C16H22ClFN2. The molecule has 4 heteroatoms. The van der Waals surface area contributed by atoms with Crippen molar-refractivity contribution in [1.29, 1.82) is 0 Å². The van der Waals surface area contributed by atoms with Gasteiger partial charge in [-0.15, -0.1) is 0 Å². The third-order valence-corrected chi connectivity index (χ3v) is 4.70. The number of nitrogens with one attached hydrogen (secondary N) is 1. The number of hydrogen-bond donors (Lipinski definition) is 1. The summed E-state index contributed by atoms with van der Waals surface area (Å²) in [7, 11) is 0. The molecule has 2 fully saturated rings. The van der Waals surface area contributed by atoms with Gasteiger partial charge < -0.3 is 5.32 Å². The van der Waals surface area contributed by atoms with Crippen LogP contribution >= 0.6 is 11.6 Å². The average molecular weight is 297 g/mol. The second kappa shape index (κ2) is 5.28. The van der Waals surface area contributed by atoms with Gasteiger partial charge in [0, 0.05) is 31.2 Å². The maximum atomic E-state index is 13.6. The van der Waals surface area contributed by atoms with Crippen molar-refractivity contribution >= 4 is 11.6 Å². The molecule has 2 nitrogen and oxygen atoms in total. The zero-order chi connectivity index (χ0) is 14.3. The second-order valence-corrected chi connectivity index (χ2v) is 7.23. The molecule has 1 aliphatic heterocycles. The van der Waals surface area contributed by atoms with E-state index in [9.17, 15) is 4.39 Å². The fourth-order valence-electron chi connectivity index (χ4n) is 3.18. The van der Waals surface area contributed by atoms with Crippen LogP contribution in [0.1, 0.15) is 32.3 Å². The Bertz CT molecular complexity index is 499. The summed E-state index contributed by atoms with van der Waals surface area (Å²) < 4.78 is 13.6. The van der Waals surface area contributed by atoms with Crippen LogP contribution < -0.4 is 5.32 Å². The maximum Gasteiger partial charge on any atom is 0.142 e. The van der Waals surface area contributed by atoms with E-state index in [0.29, 0.717) is 6.04 Å². The Balaban J connectivity index is 1.76. The molecule has 0 aromatic heterocycles. The van der Waals surface area contributed by atoms with Gasteiger partial charge in [-0.3, -0.25) is 4.90 Å². The van der Waals surface area contributed by atoms with Crippen molar-refractivity contribution in [1.82, 2.24) is 10.2 Å². The first-order valence-electron chi connectivity index (χ1n) is 7.38. The Morgan fingerprint density at radius 1 is 1.40 bits per heavy atom. The first kappa shape index (κ1) is 14.3. The van der Waals surface area contributed by atoms with Crippen molar-refractivity contribution in [3.8, 4) is 0 Å². The highest BCUT2D eigenvalue weighted by atomic mass is 35.5. The van der Waals surface area contributed by atoms with E-state index in [4.69, 9.17) is 11.6 Å². The summed E-state index contributed by atoms with van der Waals surface area (Å²) in [5, 5.41) is 3.83. The first-order chi connectivity index (χ1) is 9.44. The largest absolute Gasteiger partial charge is 0.309 e. The quantitative estimate of drug-likeness (QED) is 0.919. The molecule has 1 N–H and O–H groups in total. The molecule has 1 saturated carbocycles. The number of piperazine rings is 1. The Hall–Kier alpha value is -0.640. The molecule has 0 spiro atoms. The highest BCUT2D eigenvalue weighted by Crippen LogP contribution is 2.37. The van der Waals surface area contributed by atoms with E-state index in [0.717, 1.165) is 31.1 Å². The number of benzene rings is 1. The van der Waals surface area contributed by atoms with Gasteiger partial charge in [0.05, 0.1) is 5.02 Å². The molecule has 0 radical (unpaired) electrons. The molecule has 2 aliphatic rings. The van der Waals surface area contributed by atoms with Gasteiger partial charge in [0.15, 0.2) is 0 Å². The summed E-state index contributed by atoms with van der Waals surface area (Å²) in [6.45, 7) is 7.30. The Labute approximate surface area is 125 Å². The smallest absolute Gasteiger partial charge is 0.142 e. The molecule has 110 valence electrons. The minimum absolute atomic E-state index is 0.121. The molecule has 1 atom stereocenters. The van der Waals surface area contributed by atoms with E-state index in [2.05, 4.69) is 24.1 Å². The van der Waals surface area contributed by atoms with Gasteiger partial charge in [-0.2, -0.15) is 0 Å². The third kappa shape index (κ3) is 3.16. The van der Waals surface area contributed by atoms with Crippen LogP contribution in [-0.2, 0) is 6.54 Å². The van der Waals surface area contributed by atoms with E-state index >= 15 is 0 Å². The lowest BCUT2D eigenvalue weighted by atomic mass is 9.96. The standard InChI is InChI=1S/C16H22ClFN2/c1-16(2)10-20(15(8-19-16)12-4-5-12)9-11-3-6-13(17)14(18)7-11/h3,6-7,12,15,19H,4-5,8-10H2,1-2H3. The van der Waals surface area contributed by atoms with Crippen LogP contribution in [0.5, 0.6) is 0 Å².